The maximum absolute atomic E-state index is 13.5. The van der Waals surface area contributed by atoms with Crippen LogP contribution in [0.15, 0.2) is 12.3 Å². The van der Waals surface area contributed by atoms with Crippen molar-refractivity contribution >= 4 is 16.9 Å². The largest absolute Gasteiger partial charge is 0.345 e. The average molecular weight is 407 g/mol. The highest BCUT2D eigenvalue weighted by Crippen LogP contribution is 2.41. The first kappa shape index (κ1) is 19.3. The van der Waals surface area contributed by atoms with Crippen LogP contribution in [0.2, 0.25) is 0 Å². The molecule has 30 heavy (non-hydrogen) atoms. The molecule has 2 aliphatic carbocycles. The summed E-state index contributed by atoms with van der Waals surface area (Å²) in [5.41, 5.74) is 5.55. The second-order valence-corrected chi connectivity index (χ2v) is 9.82. The molecule has 5 rings (SSSR count). The van der Waals surface area contributed by atoms with Crippen LogP contribution in [0.3, 0.4) is 0 Å². The smallest absolute Gasteiger partial charge is 0.252 e. The summed E-state index contributed by atoms with van der Waals surface area (Å²) in [5, 5.41) is 13.4. The molecule has 0 saturated heterocycles. The molecule has 1 unspecified atom stereocenters. The number of pyridine rings is 1. The molecule has 0 bridgehead atoms. The van der Waals surface area contributed by atoms with E-state index in [2.05, 4.69) is 31.2 Å². The lowest BCUT2D eigenvalue weighted by atomic mass is 9.92. The van der Waals surface area contributed by atoms with Crippen molar-refractivity contribution in [2.75, 3.05) is 0 Å². The van der Waals surface area contributed by atoms with Gasteiger partial charge in [0.2, 0.25) is 0 Å². The lowest BCUT2D eigenvalue weighted by Crippen LogP contribution is -2.31. The number of fused-ring (bicyclic) bond motifs is 2. The molecule has 7 nitrogen and oxygen atoms in total. The molecule has 7 heteroatoms. The second kappa shape index (κ2) is 6.65. The maximum Gasteiger partial charge on any atom is 0.252 e. The fourth-order valence-corrected chi connectivity index (χ4v) is 4.64. The predicted octanol–water partition coefficient (Wildman–Crippen LogP) is 3.91. The third kappa shape index (κ3) is 3.11. The monoisotopic (exact) mass is 406 g/mol. The Morgan fingerprint density at radius 3 is 2.70 bits per heavy atom. The second-order valence-electron chi connectivity index (χ2n) is 9.82. The summed E-state index contributed by atoms with van der Waals surface area (Å²) in [4.78, 5) is 18.5. The Labute approximate surface area is 176 Å². The van der Waals surface area contributed by atoms with Crippen molar-refractivity contribution in [1.82, 2.24) is 29.9 Å². The van der Waals surface area contributed by atoms with Gasteiger partial charge in [0.25, 0.3) is 5.91 Å². The molecular formula is C23H30N6O. The van der Waals surface area contributed by atoms with E-state index in [1.54, 1.807) is 0 Å². The number of nitrogens with one attached hydrogen (secondary N) is 1. The highest BCUT2D eigenvalue weighted by Gasteiger charge is 2.32. The van der Waals surface area contributed by atoms with Gasteiger partial charge in [-0.05, 0) is 65.9 Å². The molecule has 3 aromatic rings. The van der Waals surface area contributed by atoms with E-state index in [1.165, 1.54) is 5.69 Å². The molecule has 0 aromatic carbocycles. The van der Waals surface area contributed by atoms with Gasteiger partial charge in [-0.2, -0.15) is 10.2 Å². The zero-order chi connectivity index (χ0) is 21.2. The van der Waals surface area contributed by atoms with Crippen molar-refractivity contribution in [2.45, 2.75) is 77.3 Å². The number of rotatable bonds is 3. The van der Waals surface area contributed by atoms with Crippen LogP contribution < -0.4 is 5.32 Å². The molecule has 3 aromatic heterocycles. The molecule has 0 spiro atoms. The number of aryl methyl sites for hydroxylation is 2. The van der Waals surface area contributed by atoms with Crippen molar-refractivity contribution < 1.29 is 4.79 Å². The van der Waals surface area contributed by atoms with Crippen LogP contribution in [0.25, 0.3) is 11.0 Å². The molecule has 0 aliphatic heterocycles. The molecule has 0 radical (unpaired) electrons. The number of hydrogen-bond donors (Lipinski definition) is 1. The number of amides is 1. The molecule has 1 fully saturated rings. The Morgan fingerprint density at radius 2 is 2.00 bits per heavy atom. The van der Waals surface area contributed by atoms with E-state index >= 15 is 0 Å². The van der Waals surface area contributed by atoms with E-state index in [-0.39, 0.29) is 17.5 Å². The Morgan fingerprint density at radius 1 is 1.23 bits per heavy atom. The SMILES string of the molecule is Cc1nn(C(C)(C)C)c2nc(C3CC3)cc(C(=O)NC3CCCc4c3cnn4C)c12. The van der Waals surface area contributed by atoms with Gasteiger partial charge in [0.15, 0.2) is 5.65 Å². The predicted molar refractivity (Wildman–Crippen MR) is 116 cm³/mol. The Bertz CT molecular complexity index is 1140. The number of nitrogens with zero attached hydrogens (tertiary/aromatic N) is 5. The average Bonchev–Trinajstić information content (AvgIpc) is 3.39. The molecule has 3 heterocycles. The van der Waals surface area contributed by atoms with E-state index in [1.807, 2.05) is 35.6 Å². The number of carbonyl (C=O) groups is 1. The summed E-state index contributed by atoms with van der Waals surface area (Å²) in [6.07, 6.45) is 7.20. The molecule has 1 saturated carbocycles. The van der Waals surface area contributed by atoms with Gasteiger partial charge in [0, 0.05) is 29.9 Å². The van der Waals surface area contributed by atoms with E-state index in [4.69, 9.17) is 10.1 Å². The Balaban J connectivity index is 1.58. The topological polar surface area (TPSA) is 77.6 Å². The zero-order valence-corrected chi connectivity index (χ0v) is 18.5. The zero-order valence-electron chi connectivity index (χ0n) is 18.5. The minimum Gasteiger partial charge on any atom is -0.345 e. The van der Waals surface area contributed by atoms with Crippen molar-refractivity contribution in [3.63, 3.8) is 0 Å². The van der Waals surface area contributed by atoms with Gasteiger partial charge in [-0.15, -0.1) is 0 Å². The minimum absolute atomic E-state index is 0.000470. The van der Waals surface area contributed by atoms with E-state index < -0.39 is 0 Å². The van der Waals surface area contributed by atoms with E-state index in [9.17, 15) is 4.79 Å². The molecular weight excluding hydrogens is 376 g/mol. The normalized spacial score (nSPS) is 19.2. The molecule has 158 valence electrons. The summed E-state index contributed by atoms with van der Waals surface area (Å²) >= 11 is 0. The van der Waals surface area contributed by atoms with Gasteiger partial charge in [0.05, 0.1) is 34.4 Å². The highest BCUT2D eigenvalue weighted by atomic mass is 16.1. The quantitative estimate of drug-likeness (QED) is 0.715. The fourth-order valence-electron chi connectivity index (χ4n) is 4.64. The van der Waals surface area contributed by atoms with Crippen LogP contribution in [0.4, 0.5) is 0 Å². The number of carbonyl (C=O) groups excluding carboxylic acids is 1. The van der Waals surface area contributed by atoms with Gasteiger partial charge < -0.3 is 5.32 Å². The minimum atomic E-state index is -0.205. The lowest BCUT2D eigenvalue weighted by molar-refractivity contribution is 0.0934. The molecule has 2 aliphatic rings. The van der Waals surface area contributed by atoms with Crippen molar-refractivity contribution in [1.29, 1.82) is 0 Å². The maximum atomic E-state index is 13.5. The van der Waals surface area contributed by atoms with Crippen LogP contribution in [-0.4, -0.2) is 30.5 Å². The first-order valence-corrected chi connectivity index (χ1v) is 11.0. The molecule has 1 N–H and O–H groups in total. The van der Waals surface area contributed by atoms with Gasteiger partial charge in [0.1, 0.15) is 0 Å². The fraction of sp³-hybridized carbons (Fsp3) is 0.565. The first-order chi connectivity index (χ1) is 14.2. The summed E-state index contributed by atoms with van der Waals surface area (Å²) in [5.74, 6) is 0.423. The van der Waals surface area contributed by atoms with Crippen LogP contribution >= 0.6 is 0 Å². The Hall–Kier alpha value is -2.70. The van der Waals surface area contributed by atoms with Crippen LogP contribution in [0, 0.1) is 6.92 Å². The number of hydrogen-bond acceptors (Lipinski definition) is 4. The third-order valence-electron chi connectivity index (χ3n) is 6.39. The van der Waals surface area contributed by atoms with Gasteiger partial charge >= 0.3 is 0 Å². The summed E-state index contributed by atoms with van der Waals surface area (Å²) in [6.45, 7) is 8.34. The number of aromatic nitrogens is 5. The van der Waals surface area contributed by atoms with Gasteiger partial charge in [-0.1, -0.05) is 0 Å². The summed E-state index contributed by atoms with van der Waals surface area (Å²) in [7, 11) is 1.97. The van der Waals surface area contributed by atoms with E-state index in [0.29, 0.717) is 11.5 Å². The van der Waals surface area contributed by atoms with E-state index in [0.717, 1.165) is 60.1 Å². The third-order valence-corrected chi connectivity index (χ3v) is 6.39. The van der Waals surface area contributed by atoms with Crippen molar-refractivity contribution in [3.05, 3.63) is 40.5 Å². The first-order valence-electron chi connectivity index (χ1n) is 11.0. The molecule has 1 amide bonds. The van der Waals surface area contributed by atoms with Crippen LogP contribution in [-0.2, 0) is 19.0 Å². The molecule has 1 atom stereocenters. The lowest BCUT2D eigenvalue weighted by Gasteiger charge is -2.24. The highest BCUT2D eigenvalue weighted by molar-refractivity contribution is 6.06. The van der Waals surface area contributed by atoms with Gasteiger partial charge in [-0.25, -0.2) is 9.67 Å². The Kier molecular flexibility index (Phi) is 4.27. The standard InChI is InChI=1S/C23H30N6O/c1-13-20-15(22(30)26-17-7-6-8-19-16(17)12-24-28(19)5)11-18(14-9-10-14)25-21(20)29(27-13)23(2,3)4/h11-12,14,17H,6-10H2,1-5H3,(H,26,30). The van der Waals surface area contributed by atoms with Crippen LogP contribution in [0.5, 0.6) is 0 Å². The summed E-state index contributed by atoms with van der Waals surface area (Å²) in [6, 6.07) is 2.00. The van der Waals surface area contributed by atoms with Gasteiger partial charge in [-0.3, -0.25) is 9.48 Å². The van der Waals surface area contributed by atoms with Crippen molar-refractivity contribution in [3.8, 4) is 0 Å². The summed E-state index contributed by atoms with van der Waals surface area (Å²) < 4.78 is 3.90. The van der Waals surface area contributed by atoms with Crippen molar-refractivity contribution in [2.24, 2.45) is 7.05 Å². The van der Waals surface area contributed by atoms with Crippen LogP contribution in [0.1, 0.15) is 91.4 Å².